The number of halogens is 4. The molecule has 15 rings (SSSR count). The first-order chi connectivity index (χ1) is 68.8. The number of carbonyl (C=O) groups excluding carboxylic acids is 4. The molecule has 1 aromatic heterocycles. The molecule has 0 atom stereocenters. The summed E-state index contributed by atoms with van der Waals surface area (Å²) in [6.07, 6.45) is 6.66. The molecule has 0 bridgehead atoms. The lowest BCUT2D eigenvalue weighted by atomic mass is 10.1. The summed E-state index contributed by atoms with van der Waals surface area (Å²) >= 11 is 24.5. The number of carbonyl (C=O) groups is 4. The summed E-state index contributed by atoms with van der Waals surface area (Å²) in [5, 5.41) is 61.7. The van der Waals surface area contributed by atoms with E-state index < -0.39 is 40.1 Å². The maximum absolute atomic E-state index is 13.6. The molecule has 5 heterocycles. The minimum absolute atomic E-state index is 0.0886. The average molecular weight is 2110 g/mol. The Morgan fingerprint density at radius 3 is 0.903 bits per heavy atom. The molecular weight excluding hydrogens is 2010 g/mol. The minimum Gasteiger partial charge on any atom is -0.497 e. The average Bonchev–Trinajstić information content (AvgIpc) is 0.967. The van der Waals surface area contributed by atoms with Gasteiger partial charge >= 0.3 is 24.1 Å². The molecule has 752 valence electrons. The van der Waals surface area contributed by atoms with Crippen LogP contribution in [0.1, 0.15) is 107 Å². The number of aryl methyl sites for hydroxylation is 5. The van der Waals surface area contributed by atoms with Crippen LogP contribution in [0, 0.1) is 79.9 Å². The van der Waals surface area contributed by atoms with Crippen molar-refractivity contribution in [3.63, 3.8) is 0 Å². The van der Waals surface area contributed by atoms with Gasteiger partial charge in [-0.05, 0) is 302 Å². The van der Waals surface area contributed by atoms with Crippen molar-refractivity contribution in [2.75, 3.05) is 76.6 Å². The normalized spacial score (nSPS) is 14.6. The highest BCUT2D eigenvalue weighted by atomic mass is 35.5. The van der Waals surface area contributed by atoms with Gasteiger partial charge in [-0.25, -0.2) is 52.8 Å². The highest BCUT2D eigenvalue weighted by Crippen LogP contribution is 2.41. The largest absolute Gasteiger partial charge is 0.497 e. The molecule has 144 heavy (non-hydrogen) atoms. The molecule has 0 unspecified atom stereocenters. The smallest absolute Gasteiger partial charge is 0.319 e. The number of sulfonamides is 4. The third kappa shape index (κ3) is 30.6. The molecule has 0 radical (unpaired) electrons. The number of nitrogens with zero attached hydrogens (tertiary/aromatic N) is 8. The van der Waals surface area contributed by atoms with E-state index in [0.29, 0.717) is 124 Å². The molecule has 8 amide bonds. The molecule has 8 N–H and O–H groups in total. The second-order valence-corrected chi connectivity index (χ2v) is 43.3. The van der Waals surface area contributed by atoms with Crippen molar-refractivity contribution in [3.8, 4) is 76.0 Å². The van der Waals surface area contributed by atoms with Gasteiger partial charge in [0, 0.05) is 115 Å². The molecule has 34 nitrogen and oxygen atoms in total. The van der Waals surface area contributed by atoms with Crippen LogP contribution >= 0.6 is 46.4 Å². The number of rotatable bonds is 27. The molecule has 4 fully saturated rings. The van der Waals surface area contributed by atoms with Crippen LogP contribution in [-0.2, 0) is 46.6 Å². The van der Waals surface area contributed by atoms with Gasteiger partial charge in [0.1, 0.15) is 77.1 Å². The zero-order chi connectivity index (χ0) is 104. The molecule has 11 aromatic rings. The topological polar surface area (TPSA) is 468 Å². The number of amides is 8. The van der Waals surface area contributed by atoms with Crippen molar-refractivity contribution in [2.45, 2.75) is 136 Å². The molecule has 0 saturated carbocycles. The second kappa shape index (κ2) is 50.3. The van der Waals surface area contributed by atoms with Crippen LogP contribution in [0.5, 0.6) is 51.7 Å². The predicted molar refractivity (Wildman–Crippen MR) is 546 cm³/mol. The van der Waals surface area contributed by atoms with Gasteiger partial charge in [-0.3, -0.25) is 0 Å². The van der Waals surface area contributed by atoms with Crippen molar-refractivity contribution in [1.29, 1.82) is 21.0 Å². The van der Waals surface area contributed by atoms with Gasteiger partial charge in [-0.1, -0.05) is 70.2 Å². The van der Waals surface area contributed by atoms with Crippen LogP contribution in [0.15, 0.2) is 249 Å². The summed E-state index contributed by atoms with van der Waals surface area (Å²) in [5.74, 6) is 3.32. The second-order valence-electron chi connectivity index (χ2n) is 33.9. The first-order valence-corrected chi connectivity index (χ1v) is 52.6. The van der Waals surface area contributed by atoms with Gasteiger partial charge < -0.3 is 70.6 Å². The lowest BCUT2D eigenvalue weighted by Gasteiger charge is -2.32. The molecule has 0 spiro atoms. The highest BCUT2D eigenvalue weighted by molar-refractivity contribution is 7.90. The zero-order valence-corrected chi connectivity index (χ0v) is 85.4. The van der Waals surface area contributed by atoms with E-state index in [2.05, 4.69) is 49.1 Å². The fourth-order valence-corrected chi connectivity index (χ4v) is 23.3. The van der Waals surface area contributed by atoms with Crippen LogP contribution in [0.4, 0.5) is 30.6 Å². The van der Waals surface area contributed by atoms with E-state index in [4.69, 9.17) is 74.5 Å². The number of urea groups is 4. The number of anilines is 2. The van der Waals surface area contributed by atoms with Crippen molar-refractivity contribution < 1.29 is 81.0 Å². The van der Waals surface area contributed by atoms with Crippen LogP contribution in [-0.4, -0.2) is 165 Å². The first-order valence-electron chi connectivity index (χ1n) is 45.3. The molecular formula is C102H104Cl4N16O18S4. The van der Waals surface area contributed by atoms with Crippen LogP contribution < -0.4 is 66.2 Å². The van der Waals surface area contributed by atoms with E-state index in [1.165, 1.54) is 96.3 Å². The van der Waals surface area contributed by atoms with Crippen LogP contribution in [0.3, 0.4) is 0 Å². The monoisotopic (exact) mass is 2110 g/mol. The third-order valence-electron chi connectivity index (χ3n) is 23.0. The van der Waals surface area contributed by atoms with Crippen molar-refractivity contribution in [1.82, 2.24) is 49.1 Å². The van der Waals surface area contributed by atoms with E-state index in [9.17, 15) is 73.9 Å². The maximum atomic E-state index is 13.6. The minimum atomic E-state index is -3.99. The maximum Gasteiger partial charge on any atom is 0.319 e. The standard InChI is InChI=1S/C27H27ClN4O5S.C27H27ClN4O4S.C25H25ClN4O5S.C23H25ClN4O4S/c1-18-13-20(28)16-24(14-18)37-25-8-3-19(17-29)15-26(25)38(34,35)32-11-9-22(10-12-32)31-27(33)30-21-4-6-23(36-2)7-5-21;1-18-3-6-22(7-4-18)30-27(33)31-23-9-11-32(12-10-23)37(34,35)26-15-20(17-29)5-8-25(26)36-24-14-19(2)13-21(28)16-24;1-17-11-19(26)14-22(12-17)35-23-5-4-18(15-27)13-24(23)36(32,33)30-8-6-20(7-9-30)29-25(31)28-16-21-3-2-10-34-21;1-3-8-26-23(29)27-19-6-9-28(10-7-19)33(30,31)22-13-17(15-25)4-5-21(22)32-20-12-16(2)11-18(24)14-20/h3-8,13-16,22H,9-12H2,1-2H3,(H2,30,31,33);3-8,13-16,23H,9-12H2,1-2H3,(H2,30,31,33);2-5,10-14,20H,6-9,16H2,1H3,(H2,28,29,31);3-5,11-14,19H,1,6-10H2,2H3,(H2,26,27,29). The van der Waals surface area contributed by atoms with Crippen LogP contribution in [0.25, 0.3) is 0 Å². The summed E-state index contributed by atoms with van der Waals surface area (Å²) in [7, 11) is -14.3. The SMILES string of the molecule is C=CCNC(=O)NC1CCN(S(=O)(=O)c2cc(C#N)ccc2Oc2cc(C)cc(Cl)c2)CC1.COc1ccc(NC(=O)NC2CCN(S(=O)(=O)c3cc(C#N)ccc3Oc3cc(C)cc(Cl)c3)CC2)cc1.Cc1cc(Cl)cc(Oc2ccc(C#N)cc2S(=O)(=O)N2CCC(NC(=O)NCc3ccco3)CC2)c1.Cc1ccc(NC(=O)NC2CCN(S(=O)(=O)c3cc(C#N)ccc3Oc3cc(C)cc(Cl)c3)CC2)cc1. The lowest BCUT2D eigenvalue weighted by molar-refractivity contribution is 0.226. The molecule has 4 saturated heterocycles. The number of piperidine rings is 4. The van der Waals surface area contributed by atoms with Crippen molar-refractivity contribution >= 4 is 122 Å². The number of benzene rings is 10. The Labute approximate surface area is 856 Å². The zero-order valence-electron chi connectivity index (χ0n) is 79.1. The number of hydrogen-bond acceptors (Lipinski definition) is 22. The Kier molecular flexibility index (Phi) is 38.1. The highest BCUT2D eigenvalue weighted by Gasteiger charge is 2.39. The van der Waals surface area contributed by atoms with E-state index in [0.717, 1.165) is 27.8 Å². The van der Waals surface area contributed by atoms with Crippen molar-refractivity contribution in [2.24, 2.45) is 0 Å². The van der Waals surface area contributed by atoms with Gasteiger partial charge in [0.05, 0.1) is 66.4 Å². The summed E-state index contributed by atoms with van der Waals surface area (Å²) in [5.41, 5.74) is 6.65. The number of nitriles is 4. The summed E-state index contributed by atoms with van der Waals surface area (Å²) in [6.45, 7) is 15.2. The van der Waals surface area contributed by atoms with Gasteiger partial charge in [-0.15, -0.1) is 6.58 Å². The molecule has 0 aliphatic carbocycles. The van der Waals surface area contributed by atoms with E-state index in [1.807, 2.05) is 83.2 Å². The Balaban J connectivity index is 0.000000171. The summed E-state index contributed by atoms with van der Waals surface area (Å²) < 4.78 is 148. The number of hydrogen-bond donors (Lipinski definition) is 8. The molecule has 10 aromatic carbocycles. The van der Waals surface area contributed by atoms with Crippen LogP contribution in [0.2, 0.25) is 20.1 Å². The van der Waals surface area contributed by atoms with Gasteiger partial charge in [-0.2, -0.15) is 38.3 Å². The van der Waals surface area contributed by atoms with Gasteiger partial charge in [0.2, 0.25) is 40.1 Å². The predicted octanol–water partition coefficient (Wildman–Crippen LogP) is 19.4. The number of furan rings is 1. The number of methoxy groups -OCH3 is 1. The molecule has 4 aliphatic rings. The lowest BCUT2D eigenvalue weighted by Crippen LogP contribution is -2.49. The van der Waals surface area contributed by atoms with E-state index >= 15 is 0 Å². The summed E-state index contributed by atoms with van der Waals surface area (Å²) in [6, 6.07) is 61.4. The fourth-order valence-electron chi connectivity index (χ4n) is 15.8. The molecule has 4 aliphatic heterocycles. The Morgan fingerprint density at radius 2 is 0.646 bits per heavy atom. The molecule has 42 heteroatoms. The van der Waals surface area contributed by atoms with E-state index in [1.54, 1.807) is 122 Å². The number of ether oxygens (including phenoxy) is 5. The quantitative estimate of drug-likeness (QED) is 0.0222. The Bertz CT molecular complexity index is 7080. The first kappa shape index (κ1) is 109. The van der Waals surface area contributed by atoms with Crippen molar-refractivity contribution in [3.05, 3.63) is 301 Å². The number of nitrogens with one attached hydrogen (secondary N) is 8. The van der Waals surface area contributed by atoms with E-state index in [-0.39, 0.29) is 172 Å². The summed E-state index contributed by atoms with van der Waals surface area (Å²) in [4.78, 5) is 48.5. The third-order valence-corrected chi connectivity index (χ3v) is 31.5. The Morgan fingerprint density at radius 1 is 0.368 bits per heavy atom. The fraction of sp³-hybridized carbons (Fsp3) is 0.275. The van der Waals surface area contributed by atoms with Gasteiger partial charge in [0.15, 0.2) is 0 Å². The van der Waals surface area contributed by atoms with Gasteiger partial charge in [0.25, 0.3) is 0 Å². The Hall–Kier alpha value is -13.9.